The van der Waals surface area contributed by atoms with Crippen LogP contribution in [0.5, 0.6) is 0 Å². The first-order valence-corrected chi connectivity index (χ1v) is 5.03. The van der Waals surface area contributed by atoms with E-state index in [9.17, 15) is 4.79 Å². The van der Waals surface area contributed by atoms with Gasteiger partial charge in [-0.2, -0.15) is 5.26 Å². The lowest BCUT2D eigenvalue weighted by molar-refractivity contribution is -0.115. The number of nitrogens with one attached hydrogen (secondary N) is 1. The van der Waals surface area contributed by atoms with Gasteiger partial charge < -0.3 is 10.2 Å². The lowest BCUT2D eigenvalue weighted by atomic mass is 10.1. The molecule has 0 aliphatic carbocycles. The van der Waals surface area contributed by atoms with Gasteiger partial charge >= 0.3 is 0 Å². The SMILES string of the molecule is CN(C=O)/C=C\NC(=CC#N)c1ccccc1. The number of rotatable bonds is 5. The zero-order valence-corrected chi connectivity index (χ0v) is 9.50. The van der Waals surface area contributed by atoms with Crippen molar-refractivity contribution >= 4 is 12.1 Å². The van der Waals surface area contributed by atoms with E-state index in [4.69, 9.17) is 5.26 Å². The molecule has 1 rings (SSSR count). The third-order valence-electron chi connectivity index (χ3n) is 2.01. The summed E-state index contributed by atoms with van der Waals surface area (Å²) in [5.74, 6) is 0. The van der Waals surface area contributed by atoms with Gasteiger partial charge in [0.2, 0.25) is 6.41 Å². The number of hydrogen-bond acceptors (Lipinski definition) is 3. The monoisotopic (exact) mass is 227 g/mol. The Kier molecular flexibility index (Phi) is 5.05. The molecular formula is C13H13N3O. The molecule has 1 aromatic carbocycles. The van der Waals surface area contributed by atoms with Crippen molar-refractivity contribution in [3.8, 4) is 6.07 Å². The molecule has 0 fully saturated rings. The summed E-state index contributed by atoms with van der Waals surface area (Å²) in [5.41, 5.74) is 1.59. The molecule has 0 saturated heterocycles. The highest BCUT2D eigenvalue weighted by Crippen LogP contribution is 2.10. The summed E-state index contributed by atoms with van der Waals surface area (Å²) < 4.78 is 0. The molecule has 0 atom stereocenters. The number of carbonyl (C=O) groups excluding carboxylic acids is 1. The van der Waals surface area contributed by atoms with E-state index in [1.165, 1.54) is 11.0 Å². The van der Waals surface area contributed by atoms with E-state index in [1.807, 2.05) is 36.4 Å². The van der Waals surface area contributed by atoms with Crippen LogP contribution in [0.25, 0.3) is 5.70 Å². The molecule has 1 amide bonds. The molecule has 0 aliphatic rings. The molecule has 0 aromatic heterocycles. The van der Waals surface area contributed by atoms with Crippen LogP contribution in [0.4, 0.5) is 0 Å². The van der Waals surface area contributed by atoms with Gasteiger partial charge in [0.25, 0.3) is 0 Å². The number of nitrogens with zero attached hydrogens (tertiary/aromatic N) is 2. The smallest absolute Gasteiger partial charge is 0.213 e. The minimum absolute atomic E-state index is 0.684. The molecule has 1 aromatic rings. The summed E-state index contributed by atoms with van der Waals surface area (Å²) >= 11 is 0. The van der Waals surface area contributed by atoms with Gasteiger partial charge in [0, 0.05) is 25.5 Å². The number of allylic oxidation sites excluding steroid dienone is 1. The normalized spacial score (nSPS) is 10.9. The van der Waals surface area contributed by atoms with Crippen molar-refractivity contribution in [1.29, 1.82) is 5.26 Å². The fraction of sp³-hybridized carbons (Fsp3) is 0.0769. The van der Waals surface area contributed by atoms with Crippen molar-refractivity contribution in [2.24, 2.45) is 0 Å². The molecule has 0 heterocycles. The minimum atomic E-state index is 0.684. The molecule has 0 aliphatic heterocycles. The van der Waals surface area contributed by atoms with Gasteiger partial charge in [-0.3, -0.25) is 4.79 Å². The summed E-state index contributed by atoms with van der Waals surface area (Å²) in [6, 6.07) is 11.5. The van der Waals surface area contributed by atoms with E-state index >= 15 is 0 Å². The fourth-order valence-corrected chi connectivity index (χ4v) is 1.17. The molecule has 17 heavy (non-hydrogen) atoms. The van der Waals surface area contributed by atoms with Crippen LogP contribution in [0.3, 0.4) is 0 Å². The van der Waals surface area contributed by atoms with Crippen molar-refractivity contribution in [3.05, 3.63) is 54.4 Å². The summed E-state index contributed by atoms with van der Waals surface area (Å²) in [6.07, 6.45) is 5.28. The third-order valence-corrected chi connectivity index (χ3v) is 2.01. The van der Waals surface area contributed by atoms with E-state index in [1.54, 1.807) is 19.4 Å². The second kappa shape index (κ2) is 6.85. The summed E-state index contributed by atoms with van der Waals surface area (Å²) in [7, 11) is 1.63. The molecular weight excluding hydrogens is 214 g/mol. The van der Waals surface area contributed by atoms with Gasteiger partial charge in [0.15, 0.2) is 0 Å². The number of benzene rings is 1. The highest BCUT2D eigenvalue weighted by atomic mass is 16.1. The summed E-state index contributed by atoms with van der Waals surface area (Å²) in [5, 5.41) is 11.7. The van der Waals surface area contributed by atoms with Gasteiger partial charge in [-0.25, -0.2) is 0 Å². The number of hydrogen-bond donors (Lipinski definition) is 1. The molecule has 0 bridgehead atoms. The Labute approximate surface area is 100 Å². The molecule has 0 spiro atoms. The van der Waals surface area contributed by atoms with Crippen molar-refractivity contribution in [3.63, 3.8) is 0 Å². The van der Waals surface area contributed by atoms with Crippen LogP contribution >= 0.6 is 0 Å². The van der Waals surface area contributed by atoms with Crippen molar-refractivity contribution in [2.45, 2.75) is 0 Å². The summed E-state index contributed by atoms with van der Waals surface area (Å²) in [4.78, 5) is 11.7. The van der Waals surface area contributed by atoms with Crippen molar-refractivity contribution in [2.75, 3.05) is 7.05 Å². The molecule has 0 unspecified atom stereocenters. The number of carbonyl (C=O) groups is 1. The van der Waals surface area contributed by atoms with Gasteiger partial charge in [-0.1, -0.05) is 30.3 Å². The van der Waals surface area contributed by atoms with E-state index in [-0.39, 0.29) is 0 Å². The minimum Gasteiger partial charge on any atom is -0.359 e. The lowest BCUT2D eigenvalue weighted by Gasteiger charge is -2.07. The zero-order chi connectivity index (χ0) is 12.5. The molecule has 4 heteroatoms. The predicted molar refractivity (Wildman–Crippen MR) is 66.1 cm³/mol. The molecule has 0 saturated carbocycles. The number of nitriles is 1. The highest BCUT2D eigenvalue weighted by Gasteiger charge is 1.97. The first-order chi connectivity index (χ1) is 8.27. The number of amides is 1. The maximum Gasteiger partial charge on any atom is 0.213 e. The van der Waals surface area contributed by atoms with Crippen LogP contribution < -0.4 is 5.32 Å². The summed E-state index contributed by atoms with van der Waals surface area (Å²) in [6.45, 7) is 0. The second-order valence-corrected chi connectivity index (χ2v) is 3.28. The lowest BCUT2D eigenvalue weighted by Crippen LogP contribution is -2.10. The van der Waals surface area contributed by atoms with Gasteiger partial charge in [-0.05, 0) is 5.56 Å². The van der Waals surface area contributed by atoms with E-state index in [0.29, 0.717) is 12.1 Å². The van der Waals surface area contributed by atoms with E-state index < -0.39 is 0 Å². The Hall–Kier alpha value is -2.54. The van der Waals surface area contributed by atoms with Crippen LogP contribution in [0, 0.1) is 11.3 Å². The van der Waals surface area contributed by atoms with Crippen LogP contribution in [-0.2, 0) is 4.79 Å². The Balaban J connectivity index is 2.77. The topological polar surface area (TPSA) is 56.1 Å². The van der Waals surface area contributed by atoms with Crippen LogP contribution in [0.1, 0.15) is 5.56 Å². The van der Waals surface area contributed by atoms with Crippen LogP contribution in [-0.4, -0.2) is 18.4 Å². The predicted octanol–water partition coefficient (Wildman–Crippen LogP) is 1.70. The fourth-order valence-electron chi connectivity index (χ4n) is 1.17. The Bertz CT molecular complexity index is 457. The van der Waals surface area contributed by atoms with Gasteiger partial charge in [-0.15, -0.1) is 0 Å². The maximum atomic E-state index is 10.4. The Morgan fingerprint density at radius 3 is 2.71 bits per heavy atom. The largest absolute Gasteiger partial charge is 0.359 e. The first kappa shape index (κ1) is 12.5. The van der Waals surface area contributed by atoms with Crippen LogP contribution in [0.2, 0.25) is 0 Å². The van der Waals surface area contributed by atoms with Crippen LogP contribution in [0.15, 0.2) is 48.8 Å². The maximum absolute atomic E-state index is 10.4. The average Bonchev–Trinajstić information content (AvgIpc) is 2.38. The molecule has 4 nitrogen and oxygen atoms in total. The molecule has 1 N–H and O–H groups in total. The molecule has 0 radical (unpaired) electrons. The van der Waals surface area contributed by atoms with Gasteiger partial charge in [0.05, 0.1) is 11.8 Å². The average molecular weight is 227 g/mol. The van der Waals surface area contributed by atoms with Crippen molar-refractivity contribution in [1.82, 2.24) is 10.2 Å². The quantitative estimate of drug-likeness (QED) is 0.615. The Morgan fingerprint density at radius 2 is 2.12 bits per heavy atom. The van der Waals surface area contributed by atoms with E-state index in [2.05, 4.69) is 5.32 Å². The third kappa shape index (κ3) is 4.22. The van der Waals surface area contributed by atoms with E-state index in [0.717, 1.165) is 5.56 Å². The van der Waals surface area contributed by atoms with Gasteiger partial charge in [0.1, 0.15) is 0 Å². The second-order valence-electron chi connectivity index (χ2n) is 3.28. The zero-order valence-electron chi connectivity index (χ0n) is 9.50. The standard InChI is InChI=1S/C13H13N3O/c1-16(11-17)10-9-15-13(7-8-14)12-5-3-2-4-6-12/h2-7,9-11,15H,1H3/b10-9-,13-7?. The highest BCUT2D eigenvalue weighted by molar-refractivity contribution is 5.66. The van der Waals surface area contributed by atoms with Crippen molar-refractivity contribution < 1.29 is 4.79 Å². The molecule has 86 valence electrons. The Morgan fingerprint density at radius 1 is 1.41 bits per heavy atom. The first-order valence-electron chi connectivity index (χ1n) is 5.03.